The highest BCUT2D eigenvalue weighted by atomic mass is 16.5. The van der Waals surface area contributed by atoms with Crippen LogP contribution in [0.1, 0.15) is 53.2 Å². The van der Waals surface area contributed by atoms with Gasteiger partial charge in [0.25, 0.3) is 5.91 Å². The third kappa shape index (κ3) is 3.60. The zero-order valence-electron chi connectivity index (χ0n) is 15.5. The summed E-state index contributed by atoms with van der Waals surface area (Å²) in [7, 11) is 0. The fourth-order valence-electron chi connectivity index (χ4n) is 3.23. The number of rotatable bonds is 4. The summed E-state index contributed by atoms with van der Waals surface area (Å²) in [4.78, 5) is 18.7. The Kier molecular flexibility index (Phi) is 4.70. The van der Waals surface area contributed by atoms with E-state index in [1.165, 1.54) is 0 Å². The van der Waals surface area contributed by atoms with Gasteiger partial charge in [0.1, 0.15) is 17.4 Å². The number of carbonyl (C=O) groups excluding carboxylic acids is 1. The van der Waals surface area contributed by atoms with Crippen molar-refractivity contribution >= 4 is 5.91 Å². The normalized spacial score (nSPS) is 14.3. The molecular weight excluding hydrogens is 344 g/mol. The quantitative estimate of drug-likeness (QED) is 0.702. The van der Waals surface area contributed by atoms with Crippen molar-refractivity contribution in [1.29, 1.82) is 0 Å². The Morgan fingerprint density at radius 2 is 2.15 bits per heavy atom. The van der Waals surface area contributed by atoms with Crippen LogP contribution in [0.15, 0.2) is 35.1 Å². The molecule has 0 radical (unpaired) electrons. The number of carbonyl (C=O) groups is 1. The average Bonchev–Trinajstić information content (AvgIpc) is 3.25. The summed E-state index contributed by atoms with van der Waals surface area (Å²) in [6.45, 7) is 5.87. The molecule has 1 aliphatic heterocycles. The average molecular weight is 366 g/mol. The molecule has 0 fully saturated rings. The maximum atomic E-state index is 12.8. The predicted octanol–water partition coefficient (Wildman–Crippen LogP) is 2.07. The molecule has 3 aromatic heterocycles. The van der Waals surface area contributed by atoms with Gasteiger partial charge in [0, 0.05) is 56.9 Å². The Bertz CT molecular complexity index is 931. The van der Waals surface area contributed by atoms with Gasteiger partial charge in [-0.1, -0.05) is 25.1 Å². The molecule has 1 aliphatic rings. The summed E-state index contributed by atoms with van der Waals surface area (Å²) >= 11 is 0. The van der Waals surface area contributed by atoms with E-state index < -0.39 is 0 Å². The summed E-state index contributed by atoms with van der Waals surface area (Å²) in [5.41, 5.74) is 1.46. The highest BCUT2D eigenvalue weighted by molar-refractivity contribution is 5.92. The van der Waals surface area contributed by atoms with Gasteiger partial charge in [-0.3, -0.25) is 9.78 Å². The highest BCUT2D eigenvalue weighted by Crippen LogP contribution is 2.18. The van der Waals surface area contributed by atoms with Crippen LogP contribution in [0.5, 0.6) is 0 Å². The van der Waals surface area contributed by atoms with Crippen molar-refractivity contribution in [1.82, 2.24) is 29.8 Å². The van der Waals surface area contributed by atoms with Crippen molar-refractivity contribution < 1.29 is 9.32 Å². The van der Waals surface area contributed by atoms with E-state index in [0.29, 0.717) is 38.2 Å². The lowest BCUT2D eigenvalue weighted by Crippen LogP contribution is -2.34. The first-order valence-corrected chi connectivity index (χ1v) is 9.17. The molecule has 0 spiro atoms. The molecule has 0 unspecified atom stereocenters. The Balaban J connectivity index is 1.47. The van der Waals surface area contributed by atoms with Crippen LogP contribution in [-0.2, 0) is 19.4 Å². The fourth-order valence-corrected chi connectivity index (χ4v) is 3.23. The second-order valence-corrected chi connectivity index (χ2v) is 7.03. The molecule has 0 aromatic carbocycles. The second-order valence-electron chi connectivity index (χ2n) is 7.03. The Labute approximate surface area is 157 Å². The number of amides is 1. The fraction of sp³-hybridized carbons (Fsp3) is 0.421. The van der Waals surface area contributed by atoms with Gasteiger partial charge in [-0.25, -0.2) is 0 Å². The summed E-state index contributed by atoms with van der Waals surface area (Å²) in [6, 6.07) is 5.68. The van der Waals surface area contributed by atoms with Crippen molar-refractivity contribution in [2.75, 3.05) is 13.1 Å². The van der Waals surface area contributed by atoms with Gasteiger partial charge in [-0.2, -0.15) is 0 Å². The van der Waals surface area contributed by atoms with E-state index in [2.05, 4.69) is 24.9 Å². The van der Waals surface area contributed by atoms with Crippen LogP contribution >= 0.6 is 0 Å². The Morgan fingerprint density at radius 1 is 1.26 bits per heavy atom. The van der Waals surface area contributed by atoms with Gasteiger partial charge in [0.2, 0.25) is 0 Å². The number of aromatic nitrogens is 5. The van der Waals surface area contributed by atoms with Crippen LogP contribution in [0.4, 0.5) is 0 Å². The van der Waals surface area contributed by atoms with Crippen molar-refractivity contribution in [2.24, 2.45) is 0 Å². The molecule has 0 aliphatic carbocycles. The van der Waals surface area contributed by atoms with E-state index in [4.69, 9.17) is 4.52 Å². The summed E-state index contributed by atoms with van der Waals surface area (Å²) in [6.07, 6.45) is 4.94. The molecular formula is C19H22N6O2. The van der Waals surface area contributed by atoms with E-state index in [9.17, 15) is 4.79 Å². The lowest BCUT2D eigenvalue weighted by Gasteiger charge is -2.18. The molecule has 0 saturated carbocycles. The topological polar surface area (TPSA) is 89.9 Å². The van der Waals surface area contributed by atoms with Crippen LogP contribution in [0, 0.1) is 0 Å². The summed E-state index contributed by atoms with van der Waals surface area (Å²) < 4.78 is 7.38. The van der Waals surface area contributed by atoms with Gasteiger partial charge in [0.15, 0.2) is 5.69 Å². The smallest absolute Gasteiger partial charge is 0.276 e. The monoisotopic (exact) mass is 366 g/mol. The number of pyridine rings is 1. The first-order chi connectivity index (χ1) is 13.1. The number of nitrogens with zero attached hydrogens (tertiary/aromatic N) is 6. The zero-order chi connectivity index (χ0) is 18.8. The lowest BCUT2D eigenvalue weighted by molar-refractivity contribution is 0.0748. The van der Waals surface area contributed by atoms with Crippen molar-refractivity contribution in [3.05, 3.63) is 59.3 Å². The molecule has 27 heavy (non-hydrogen) atoms. The van der Waals surface area contributed by atoms with Crippen LogP contribution < -0.4 is 0 Å². The van der Waals surface area contributed by atoms with Crippen LogP contribution in [-0.4, -0.2) is 48.8 Å². The Morgan fingerprint density at radius 3 is 2.89 bits per heavy atom. The van der Waals surface area contributed by atoms with Gasteiger partial charge in [-0.05, 0) is 11.6 Å². The molecule has 1 amide bonds. The summed E-state index contributed by atoms with van der Waals surface area (Å²) in [5.74, 6) is 2.64. The number of hydrogen-bond donors (Lipinski definition) is 0. The SMILES string of the molecule is CC(C)c1cc(C(=O)N2CCc3nnc(Cc4cccnc4)n3CC2)no1. The molecule has 8 heteroatoms. The van der Waals surface area contributed by atoms with Gasteiger partial charge < -0.3 is 14.0 Å². The Hall–Kier alpha value is -3.03. The number of fused-ring (bicyclic) bond motifs is 1. The van der Waals surface area contributed by atoms with Crippen LogP contribution in [0.3, 0.4) is 0 Å². The van der Waals surface area contributed by atoms with Gasteiger partial charge in [-0.15, -0.1) is 10.2 Å². The first-order valence-electron chi connectivity index (χ1n) is 9.17. The molecule has 4 heterocycles. The van der Waals surface area contributed by atoms with Crippen LogP contribution in [0.25, 0.3) is 0 Å². The largest absolute Gasteiger partial charge is 0.360 e. The molecule has 8 nitrogen and oxygen atoms in total. The van der Waals surface area contributed by atoms with E-state index in [1.54, 1.807) is 12.3 Å². The lowest BCUT2D eigenvalue weighted by atomic mass is 10.1. The second kappa shape index (κ2) is 7.30. The number of hydrogen-bond acceptors (Lipinski definition) is 6. The van der Waals surface area contributed by atoms with E-state index in [1.807, 2.05) is 37.1 Å². The van der Waals surface area contributed by atoms with Gasteiger partial charge >= 0.3 is 0 Å². The van der Waals surface area contributed by atoms with E-state index in [-0.39, 0.29) is 11.8 Å². The van der Waals surface area contributed by atoms with Gasteiger partial charge in [0.05, 0.1) is 0 Å². The molecule has 4 rings (SSSR count). The molecule has 0 bridgehead atoms. The zero-order valence-corrected chi connectivity index (χ0v) is 15.5. The molecule has 0 atom stereocenters. The molecule has 140 valence electrons. The standard InChI is InChI=1S/C19H22N6O2/c1-13(2)16-11-15(23-27-16)19(26)24-7-5-17-21-22-18(25(17)9-8-24)10-14-4-3-6-20-12-14/h3-4,6,11-13H,5,7-10H2,1-2H3. The third-order valence-corrected chi connectivity index (χ3v) is 4.79. The minimum Gasteiger partial charge on any atom is -0.360 e. The van der Waals surface area contributed by atoms with Crippen LogP contribution in [0.2, 0.25) is 0 Å². The van der Waals surface area contributed by atoms with E-state index >= 15 is 0 Å². The third-order valence-electron chi connectivity index (χ3n) is 4.79. The maximum absolute atomic E-state index is 12.8. The van der Waals surface area contributed by atoms with E-state index in [0.717, 1.165) is 23.0 Å². The van der Waals surface area contributed by atoms with Crippen molar-refractivity contribution in [3.8, 4) is 0 Å². The van der Waals surface area contributed by atoms with Crippen molar-refractivity contribution in [2.45, 2.75) is 39.2 Å². The first kappa shape index (κ1) is 17.4. The minimum absolute atomic E-state index is 0.0989. The maximum Gasteiger partial charge on any atom is 0.276 e. The predicted molar refractivity (Wildman–Crippen MR) is 97.3 cm³/mol. The van der Waals surface area contributed by atoms with Crippen molar-refractivity contribution in [3.63, 3.8) is 0 Å². The molecule has 0 N–H and O–H groups in total. The minimum atomic E-state index is -0.0989. The highest BCUT2D eigenvalue weighted by Gasteiger charge is 2.25. The molecule has 3 aromatic rings. The molecule has 0 saturated heterocycles. The summed E-state index contributed by atoms with van der Waals surface area (Å²) in [5, 5.41) is 12.6.